The van der Waals surface area contributed by atoms with Crippen molar-refractivity contribution in [1.29, 1.82) is 0 Å². The summed E-state index contributed by atoms with van der Waals surface area (Å²) >= 11 is 9.00. The normalized spacial score (nSPS) is 10.5. The van der Waals surface area contributed by atoms with Crippen LogP contribution in [0.15, 0.2) is 29.0 Å². The first-order valence-electron chi connectivity index (χ1n) is 4.53. The Bertz CT molecular complexity index is 525. The third-order valence-corrected chi connectivity index (χ3v) is 2.62. The fourth-order valence-electron chi connectivity index (χ4n) is 1.36. The van der Waals surface area contributed by atoms with Crippen molar-refractivity contribution in [2.45, 2.75) is 6.92 Å². The van der Waals surface area contributed by atoms with E-state index in [-0.39, 0.29) is 5.82 Å². The Morgan fingerprint density at radius 3 is 2.69 bits per heavy atom. The first-order valence-corrected chi connectivity index (χ1v) is 5.70. The van der Waals surface area contributed by atoms with Crippen LogP contribution in [0.25, 0.3) is 11.3 Å². The zero-order chi connectivity index (χ0) is 11.7. The molecule has 0 aliphatic heterocycles. The Hall–Kier alpha value is -1.00. The molecule has 2 rings (SSSR count). The number of benzene rings is 1. The van der Waals surface area contributed by atoms with Crippen LogP contribution >= 0.6 is 27.5 Å². The molecule has 0 amide bonds. The second-order valence-corrected chi connectivity index (χ2v) is 4.43. The van der Waals surface area contributed by atoms with E-state index in [2.05, 4.69) is 25.9 Å². The van der Waals surface area contributed by atoms with Gasteiger partial charge in [0.25, 0.3) is 0 Å². The predicted molar refractivity (Wildman–Crippen MR) is 64.9 cm³/mol. The van der Waals surface area contributed by atoms with E-state index in [4.69, 9.17) is 11.6 Å². The van der Waals surface area contributed by atoms with E-state index in [0.717, 1.165) is 5.69 Å². The molecule has 2 nitrogen and oxygen atoms in total. The second-order valence-electron chi connectivity index (χ2n) is 3.29. The van der Waals surface area contributed by atoms with Crippen LogP contribution in [0.2, 0.25) is 5.02 Å². The van der Waals surface area contributed by atoms with Crippen molar-refractivity contribution in [3.05, 3.63) is 45.5 Å². The SMILES string of the molecule is Cc1cc(-c2cc(Cl)ccc2F)nc(Br)n1. The van der Waals surface area contributed by atoms with E-state index in [1.807, 2.05) is 6.92 Å². The van der Waals surface area contributed by atoms with Crippen molar-refractivity contribution >= 4 is 27.5 Å². The minimum absolute atomic E-state index is 0.352. The molecule has 0 atom stereocenters. The molecule has 0 saturated heterocycles. The average Bonchev–Trinajstić information content (AvgIpc) is 2.20. The Balaban J connectivity index is 2.62. The van der Waals surface area contributed by atoms with Crippen LogP contribution in [0.4, 0.5) is 4.39 Å². The van der Waals surface area contributed by atoms with Gasteiger partial charge in [-0.1, -0.05) is 11.6 Å². The summed E-state index contributed by atoms with van der Waals surface area (Å²) in [5, 5.41) is 0.476. The minimum atomic E-state index is -0.352. The topological polar surface area (TPSA) is 25.8 Å². The highest BCUT2D eigenvalue weighted by Crippen LogP contribution is 2.25. The van der Waals surface area contributed by atoms with Gasteiger partial charge in [-0.3, -0.25) is 0 Å². The number of rotatable bonds is 1. The first-order chi connectivity index (χ1) is 7.56. The number of aromatic nitrogens is 2. The number of nitrogens with zero attached hydrogens (tertiary/aromatic N) is 2. The quantitative estimate of drug-likeness (QED) is 0.744. The standard InChI is InChI=1S/C11H7BrClFN2/c1-6-4-10(16-11(12)15-6)8-5-7(13)2-3-9(8)14/h2-5H,1H3. The molecule has 82 valence electrons. The Labute approximate surface area is 106 Å². The Kier molecular flexibility index (Phi) is 3.21. The van der Waals surface area contributed by atoms with Crippen molar-refractivity contribution in [2.75, 3.05) is 0 Å². The number of aryl methyl sites for hydroxylation is 1. The summed E-state index contributed by atoms with van der Waals surface area (Å²) in [7, 11) is 0. The smallest absolute Gasteiger partial charge is 0.197 e. The Morgan fingerprint density at radius 1 is 1.25 bits per heavy atom. The maximum atomic E-state index is 13.6. The molecule has 0 bridgehead atoms. The molecule has 0 fully saturated rings. The molecule has 16 heavy (non-hydrogen) atoms. The van der Waals surface area contributed by atoms with Crippen molar-refractivity contribution in [3.63, 3.8) is 0 Å². The molecule has 1 heterocycles. The van der Waals surface area contributed by atoms with Gasteiger partial charge in [0.15, 0.2) is 4.73 Å². The van der Waals surface area contributed by atoms with Crippen LogP contribution in [-0.4, -0.2) is 9.97 Å². The van der Waals surface area contributed by atoms with Gasteiger partial charge in [0, 0.05) is 16.3 Å². The molecule has 0 radical (unpaired) electrons. The van der Waals surface area contributed by atoms with Gasteiger partial charge in [-0.05, 0) is 47.1 Å². The number of halogens is 3. The molecule has 0 saturated carbocycles. The zero-order valence-corrected chi connectivity index (χ0v) is 10.7. The molecule has 2 aromatic rings. The maximum Gasteiger partial charge on any atom is 0.197 e. The summed E-state index contributed by atoms with van der Waals surface area (Å²) in [5.41, 5.74) is 1.65. The Morgan fingerprint density at radius 2 is 2.00 bits per heavy atom. The van der Waals surface area contributed by atoms with Crippen molar-refractivity contribution in [2.24, 2.45) is 0 Å². The average molecular weight is 302 g/mol. The largest absolute Gasteiger partial charge is 0.227 e. The van der Waals surface area contributed by atoms with Crippen LogP contribution in [-0.2, 0) is 0 Å². The summed E-state index contributed by atoms with van der Waals surface area (Å²) in [6.45, 7) is 1.82. The molecule has 0 unspecified atom stereocenters. The van der Waals surface area contributed by atoms with Crippen molar-refractivity contribution in [3.8, 4) is 11.3 Å². The molecule has 0 N–H and O–H groups in total. The third kappa shape index (κ3) is 2.39. The molecule has 1 aromatic heterocycles. The van der Waals surface area contributed by atoms with Crippen LogP contribution in [0.5, 0.6) is 0 Å². The van der Waals surface area contributed by atoms with Gasteiger partial charge in [-0.2, -0.15) is 0 Å². The molecule has 0 spiro atoms. The van der Waals surface area contributed by atoms with Gasteiger partial charge in [0.05, 0.1) is 5.69 Å². The lowest BCUT2D eigenvalue weighted by Gasteiger charge is -2.04. The van der Waals surface area contributed by atoms with E-state index in [1.54, 1.807) is 12.1 Å². The molecule has 5 heteroatoms. The van der Waals surface area contributed by atoms with Crippen LogP contribution in [0.3, 0.4) is 0 Å². The highest BCUT2D eigenvalue weighted by atomic mass is 79.9. The lowest BCUT2D eigenvalue weighted by atomic mass is 10.1. The van der Waals surface area contributed by atoms with E-state index in [0.29, 0.717) is 21.0 Å². The summed E-state index contributed by atoms with van der Waals surface area (Å²) in [5.74, 6) is -0.352. The highest BCUT2D eigenvalue weighted by Gasteiger charge is 2.09. The van der Waals surface area contributed by atoms with E-state index < -0.39 is 0 Å². The van der Waals surface area contributed by atoms with Gasteiger partial charge in [0.2, 0.25) is 0 Å². The summed E-state index contributed by atoms with van der Waals surface area (Å²) < 4.78 is 14.0. The summed E-state index contributed by atoms with van der Waals surface area (Å²) in [6.07, 6.45) is 0. The number of hydrogen-bond acceptors (Lipinski definition) is 2. The molecule has 1 aromatic carbocycles. The lowest BCUT2D eigenvalue weighted by Crippen LogP contribution is -1.93. The highest BCUT2D eigenvalue weighted by molar-refractivity contribution is 9.10. The zero-order valence-electron chi connectivity index (χ0n) is 8.34. The van der Waals surface area contributed by atoms with Gasteiger partial charge >= 0.3 is 0 Å². The fraction of sp³-hybridized carbons (Fsp3) is 0.0909. The summed E-state index contributed by atoms with van der Waals surface area (Å²) in [6, 6.07) is 6.08. The number of hydrogen-bond donors (Lipinski definition) is 0. The van der Waals surface area contributed by atoms with Gasteiger partial charge < -0.3 is 0 Å². The fourth-order valence-corrected chi connectivity index (χ4v) is 2.01. The maximum absolute atomic E-state index is 13.6. The van der Waals surface area contributed by atoms with Gasteiger partial charge in [-0.25, -0.2) is 14.4 Å². The second kappa shape index (κ2) is 4.47. The molecular weight excluding hydrogens is 294 g/mol. The van der Waals surface area contributed by atoms with Crippen LogP contribution in [0, 0.1) is 12.7 Å². The monoisotopic (exact) mass is 300 g/mol. The first kappa shape index (κ1) is 11.5. The molecule has 0 aliphatic carbocycles. The van der Waals surface area contributed by atoms with E-state index in [9.17, 15) is 4.39 Å². The lowest BCUT2D eigenvalue weighted by molar-refractivity contribution is 0.630. The van der Waals surface area contributed by atoms with Gasteiger partial charge in [0.1, 0.15) is 5.82 Å². The molecule has 0 aliphatic rings. The van der Waals surface area contributed by atoms with Crippen molar-refractivity contribution in [1.82, 2.24) is 9.97 Å². The predicted octanol–water partition coefficient (Wildman–Crippen LogP) is 4.01. The van der Waals surface area contributed by atoms with E-state index >= 15 is 0 Å². The summed E-state index contributed by atoms with van der Waals surface area (Å²) in [4.78, 5) is 8.18. The van der Waals surface area contributed by atoms with Crippen molar-refractivity contribution < 1.29 is 4.39 Å². The third-order valence-electron chi connectivity index (χ3n) is 2.03. The van der Waals surface area contributed by atoms with Crippen LogP contribution in [0.1, 0.15) is 5.69 Å². The van der Waals surface area contributed by atoms with Gasteiger partial charge in [-0.15, -0.1) is 0 Å². The van der Waals surface area contributed by atoms with Crippen LogP contribution < -0.4 is 0 Å². The van der Waals surface area contributed by atoms with E-state index in [1.165, 1.54) is 12.1 Å². The minimum Gasteiger partial charge on any atom is -0.227 e. The molecular formula is C11H7BrClFN2.